The van der Waals surface area contributed by atoms with E-state index in [2.05, 4.69) is 26.6 Å². The van der Waals surface area contributed by atoms with Gasteiger partial charge in [-0.05, 0) is 48.3 Å². The van der Waals surface area contributed by atoms with Gasteiger partial charge in [0.25, 0.3) is 5.91 Å². The third kappa shape index (κ3) is 4.84. The Labute approximate surface area is 172 Å². The number of fused-ring (bicyclic) bond motifs is 1. The molecule has 0 spiro atoms. The van der Waals surface area contributed by atoms with Crippen LogP contribution in [-0.4, -0.2) is 17.6 Å². The molecule has 2 N–H and O–H groups in total. The van der Waals surface area contributed by atoms with Crippen LogP contribution >= 0.6 is 28.1 Å². The van der Waals surface area contributed by atoms with Gasteiger partial charge in [0.1, 0.15) is 5.75 Å². The summed E-state index contributed by atoms with van der Waals surface area (Å²) in [4.78, 5) is 12.7. The van der Waals surface area contributed by atoms with Crippen molar-refractivity contribution in [3.8, 4) is 5.75 Å². The molecule has 0 bridgehead atoms. The number of carbonyl (C=O) groups is 1. The van der Waals surface area contributed by atoms with Gasteiger partial charge in [-0.2, -0.15) is 0 Å². The van der Waals surface area contributed by atoms with Crippen molar-refractivity contribution in [3.63, 3.8) is 0 Å². The summed E-state index contributed by atoms with van der Waals surface area (Å²) in [6.45, 7) is 2.56. The highest BCUT2D eigenvalue weighted by atomic mass is 79.9. The molecule has 0 aliphatic carbocycles. The molecule has 0 saturated heterocycles. The molecule has 1 amide bonds. The van der Waals surface area contributed by atoms with E-state index in [0.717, 1.165) is 27.4 Å². The number of thiocarbonyl (C=S) groups is 1. The van der Waals surface area contributed by atoms with Crippen LogP contribution in [0.15, 0.2) is 65.1 Å². The SMILES string of the molecule is CCCOc1ccc(Br)cc1C(=O)NC(=S)Nc1cccc2ccccc12. The van der Waals surface area contributed by atoms with Crippen molar-refractivity contribution in [2.24, 2.45) is 0 Å². The standard InChI is InChI=1S/C21H19BrN2O2S/c1-2-12-26-19-11-10-15(22)13-17(19)20(25)24-21(27)23-18-9-5-7-14-6-3-4-8-16(14)18/h3-11,13H,2,12H2,1H3,(H2,23,24,25,27). The molecule has 0 atom stereocenters. The Hall–Kier alpha value is -2.44. The zero-order chi connectivity index (χ0) is 19.2. The molecule has 27 heavy (non-hydrogen) atoms. The third-order valence-electron chi connectivity index (χ3n) is 3.91. The van der Waals surface area contributed by atoms with E-state index in [-0.39, 0.29) is 11.0 Å². The predicted octanol–water partition coefficient (Wildman–Crippen LogP) is 5.52. The molecule has 138 valence electrons. The maximum absolute atomic E-state index is 12.7. The van der Waals surface area contributed by atoms with Crippen LogP contribution in [-0.2, 0) is 0 Å². The largest absolute Gasteiger partial charge is 0.493 e. The first-order chi connectivity index (χ1) is 13.1. The van der Waals surface area contributed by atoms with Gasteiger partial charge in [-0.1, -0.05) is 59.3 Å². The number of hydrogen-bond acceptors (Lipinski definition) is 3. The minimum atomic E-state index is -0.319. The van der Waals surface area contributed by atoms with Gasteiger partial charge in [-0.3, -0.25) is 10.1 Å². The summed E-state index contributed by atoms with van der Waals surface area (Å²) < 4.78 is 6.47. The molecule has 0 saturated carbocycles. The summed E-state index contributed by atoms with van der Waals surface area (Å²) in [6, 6.07) is 19.2. The number of benzene rings is 3. The van der Waals surface area contributed by atoms with E-state index in [9.17, 15) is 4.79 Å². The van der Waals surface area contributed by atoms with Gasteiger partial charge in [0.15, 0.2) is 5.11 Å². The topological polar surface area (TPSA) is 50.4 Å². The van der Waals surface area contributed by atoms with Crippen molar-refractivity contribution in [1.82, 2.24) is 5.32 Å². The average molecular weight is 443 g/mol. The third-order valence-corrected chi connectivity index (χ3v) is 4.61. The molecule has 6 heteroatoms. The smallest absolute Gasteiger partial charge is 0.261 e. The molecule has 3 rings (SSSR count). The molecule has 4 nitrogen and oxygen atoms in total. The van der Waals surface area contributed by atoms with Crippen LogP contribution in [0.1, 0.15) is 23.7 Å². The van der Waals surface area contributed by atoms with Crippen LogP contribution in [0.4, 0.5) is 5.69 Å². The first-order valence-electron chi connectivity index (χ1n) is 8.61. The lowest BCUT2D eigenvalue weighted by Crippen LogP contribution is -2.34. The number of anilines is 1. The van der Waals surface area contributed by atoms with Gasteiger partial charge in [-0.15, -0.1) is 0 Å². The van der Waals surface area contributed by atoms with E-state index in [1.165, 1.54) is 0 Å². The number of amides is 1. The Bertz CT molecular complexity index is 986. The minimum absolute atomic E-state index is 0.234. The molecule has 0 aromatic heterocycles. The average Bonchev–Trinajstić information content (AvgIpc) is 2.67. The van der Waals surface area contributed by atoms with Crippen molar-refractivity contribution in [3.05, 3.63) is 70.7 Å². The molecule has 3 aromatic carbocycles. The van der Waals surface area contributed by atoms with E-state index < -0.39 is 0 Å². The van der Waals surface area contributed by atoms with Crippen LogP contribution in [0, 0.1) is 0 Å². The molecule has 0 fully saturated rings. The molecule has 0 aliphatic heterocycles. The molecule has 0 radical (unpaired) electrons. The lowest BCUT2D eigenvalue weighted by atomic mass is 10.1. The summed E-state index contributed by atoms with van der Waals surface area (Å²) in [5.41, 5.74) is 1.27. The van der Waals surface area contributed by atoms with Crippen molar-refractivity contribution in [2.45, 2.75) is 13.3 Å². The zero-order valence-electron chi connectivity index (χ0n) is 14.8. The van der Waals surface area contributed by atoms with Crippen LogP contribution in [0.2, 0.25) is 0 Å². The summed E-state index contributed by atoms with van der Waals surface area (Å²) in [5, 5.41) is 8.21. The Kier molecular flexibility index (Phi) is 6.42. The molecular formula is C21H19BrN2O2S. The number of hydrogen-bond donors (Lipinski definition) is 2. The number of nitrogens with one attached hydrogen (secondary N) is 2. The van der Waals surface area contributed by atoms with Crippen molar-refractivity contribution in [1.29, 1.82) is 0 Å². The second kappa shape index (κ2) is 8.97. The van der Waals surface area contributed by atoms with E-state index in [1.807, 2.05) is 55.5 Å². The van der Waals surface area contributed by atoms with Crippen molar-refractivity contribution < 1.29 is 9.53 Å². The fraction of sp³-hybridized carbons (Fsp3) is 0.143. The van der Waals surface area contributed by atoms with Crippen molar-refractivity contribution in [2.75, 3.05) is 11.9 Å². The number of halogens is 1. The molecule has 0 unspecified atom stereocenters. The lowest BCUT2D eigenvalue weighted by Gasteiger charge is -2.14. The Morgan fingerprint density at radius 1 is 1.11 bits per heavy atom. The number of carbonyl (C=O) groups excluding carboxylic acids is 1. The van der Waals surface area contributed by atoms with E-state index >= 15 is 0 Å². The van der Waals surface area contributed by atoms with Crippen molar-refractivity contribution >= 4 is 55.6 Å². The number of ether oxygens (including phenoxy) is 1. The molecule has 0 aliphatic rings. The van der Waals surface area contributed by atoms with Gasteiger partial charge >= 0.3 is 0 Å². The number of rotatable bonds is 5. The lowest BCUT2D eigenvalue weighted by molar-refractivity contribution is 0.0973. The highest BCUT2D eigenvalue weighted by Gasteiger charge is 2.15. The summed E-state index contributed by atoms with van der Waals surface area (Å²) in [7, 11) is 0. The monoisotopic (exact) mass is 442 g/mol. The van der Waals surface area contributed by atoms with Crippen LogP contribution < -0.4 is 15.4 Å². The molecule has 0 heterocycles. The van der Waals surface area contributed by atoms with Gasteiger partial charge in [0.05, 0.1) is 12.2 Å². The Morgan fingerprint density at radius 3 is 2.70 bits per heavy atom. The normalized spacial score (nSPS) is 10.4. The quantitative estimate of drug-likeness (QED) is 0.510. The van der Waals surface area contributed by atoms with Gasteiger partial charge in [-0.25, -0.2) is 0 Å². The summed E-state index contributed by atoms with van der Waals surface area (Å²) in [5.74, 6) is 0.214. The highest BCUT2D eigenvalue weighted by Crippen LogP contribution is 2.25. The van der Waals surface area contributed by atoms with Gasteiger partial charge in [0.2, 0.25) is 0 Å². The van der Waals surface area contributed by atoms with E-state index in [0.29, 0.717) is 17.9 Å². The maximum Gasteiger partial charge on any atom is 0.261 e. The Balaban J connectivity index is 1.76. The summed E-state index contributed by atoms with van der Waals surface area (Å²) >= 11 is 8.74. The molecular weight excluding hydrogens is 424 g/mol. The van der Waals surface area contributed by atoms with Gasteiger partial charge < -0.3 is 10.1 Å². The first-order valence-corrected chi connectivity index (χ1v) is 9.81. The molecule has 3 aromatic rings. The van der Waals surface area contributed by atoms with E-state index in [1.54, 1.807) is 12.1 Å². The summed E-state index contributed by atoms with van der Waals surface area (Å²) in [6.07, 6.45) is 0.859. The van der Waals surface area contributed by atoms with Gasteiger partial charge in [0, 0.05) is 15.5 Å². The van der Waals surface area contributed by atoms with Crippen LogP contribution in [0.25, 0.3) is 10.8 Å². The zero-order valence-corrected chi connectivity index (χ0v) is 17.2. The maximum atomic E-state index is 12.7. The van der Waals surface area contributed by atoms with Crippen LogP contribution in [0.3, 0.4) is 0 Å². The minimum Gasteiger partial charge on any atom is -0.493 e. The van der Waals surface area contributed by atoms with E-state index in [4.69, 9.17) is 17.0 Å². The fourth-order valence-corrected chi connectivity index (χ4v) is 3.24. The Morgan fingerprint density at radius 2 is 1.89 bits per heavy atom. The second-order valence-electron chi connectivity index (χ2n) is 5.92. The fourth-order valence-electron chi connectivity index (χ4n) is 2.68. The first kappa shape index (κ1) is 19.3. The highest BCUT2D eigenvalue weighted by molar-refractivity contribution is 9.10. The van der Waals surface area contributed by atoms with Crippen LogP contribution in [0.5, 0.6) is 5.75 Å². The predicted molar refractivity (Wildman–Crippen MR) is 118 cm³/mol. The second-order valence-corrected chi connectivity index (χ2v) is 7.25.